The van der Waals surface area contributed by atoms with Crippen molar-refractivity contribution in [2.45, 2.75) is 97.2 Å². The third-order valence-electron chi connectivity index (χ3n) is 10.4. The van der Waals surface area contributed by atoms with Crippen molar-refractivity contribution in [3.63, 3.8) is 0 Å². The summed E-state index contributed by atoms with van der Waals surface area (Å²) in [5, 5.41) is 7.69. The molecule has 3 aromatic heterocycles. The summed E-state index contributed by atoms with van der Waals surface area (Å²) in [6.45, 7) is 8.82. The van der Waals surface area contributed by atoms with Crippen molar-refractivity contribution in [1.29, 1.82) is 0 Å². The minimum atomic E-state index is -0.623. The molecular formula is C33H44N8O2. The van der Waals surface area contributed by atoms with Crippen LogP contribution in [0, 0.1) is 23.7 Å². The fraction of sp³-hybridized carbons (Fsp3) is 0.606. The van der Waals surface area contributed by atoms with Crippen LogP contribution in [0.4, 0.5) is 11.8 Å². The van der Waals surface area contributed by atoms with E-state index in [-0.39, 0.29) is 17.9 Å². The van der Waals surface area contributed by atoms with Crippen molar-refractivity contribution < 1.29 is 4.52 Å². The van der Waals surface area contributed by atoms with Gasteiger partial charge in [-0.1, -0.05) is 68.6 Å². The minimum Gasteiger partial charge on any atom is -0.365 e. The lowest BCUT2D eigenvalue weighted by Crippen LogP contribution is -2.40. The van der Waals surface area contributed by atoms with Crippen molar-refractivity contribution >= 4 is 22.9 Å². The molecule has 0 radical (unpaired) electrons. The second-order valence-corrected chi connectivity index (χ2v) is 13.5. The molecule has 2 saturated carbocycles. The zero-order valence-electron chi connectivity index (χ0n) is 25.6. The number of anilines is 2. The van der Waals surface area contributed by atoms with Gasteiger partial charge in [0.25, 0.3) is 0 Å². The standard InChI is InChI=1S/C33H44N8O2/c1-20-14-16-23(17-15-20)19-41-27-28(34-22(3)24-12-7-13-24)35-30(31-38-33(42)43-39-31)36-29(27)37-32(41)40-18-8-9-21(2)26(40)25-10-5-4-6-11-25/h4-6,10-11,20-24,26H,7-9,12-19H2,1-3H3,(H,34,35,36)(H,38,39,42)/t20?,21?,22-,23?,26?/m1/s1. The molecule has 1 aromatic carbocycles. The third-order valence-corrected chi connectivity index (χ3v) is 10.4. The van der Waals surface area contributed by atoms with E-state index in [0.717, 1.165) is 42.7 Å². The molecule has 10 heteroatoms. The van der Waals surface area contributed by atoms with Crippen LogP contribution in [0.25, 0.3) is 22.8 Å². The number of hydrogen-bond acceptors (Lipinski definition) is 8. The molecule has 4 aromatic rings. The van der Waals surface area contributed by atoms with Crippen molar-refractivity contribution in [3.8, 4) is 11.6 Å². The Labute approximate surface area is 252 Å². The number of fused-ring (bicyclic) bond motifs is 1. The molecule has 3 aliphatic rings. The van der Waals surface area contributed by atoms with E-state index in [1.807, 2.05) is 0 Å². The zero-order chi connectivity index (χ0) is 29.5. The highest BCUT2D eigenvalue weighted by Gasteiger charge is 2.35. The number of imidazole rings is 1. The summed E-state index contributed by atoms with van der Waals surface area (Å²) < 4.78 is 7.26. The van der Waals surface area contributed by atoms with E-state index >= 15 is 0 Å². The number of hydrogen-bond donors (Lipinski definition) is 2. The normalized spacial score (nSPS) is 25.5. The first-order valence-corrected chi connectivity index (χ1v) is 16.4. The summed E-state index contributed by atoms with van der Waals surface area (Å²) >= 11 is 0. The van der Waals surface area contributed by atoms with Gasteiger partial charge in [0.1, 0.15) is 5.52 Å². The zero-order valence-corrected chi connectivity index (χ0v) is 25.6. The largest absolute Gasteiger partial charge is 0.439 e. The van der Waals surface area contributed by atoms with E-state index in [0.29, 0.717) is 29.2 Å². The summed E-state index contributed by atoms with van der Waals surface area (Å²) in [6.07, 6.45) is 11.0. The SMILES string of the molecule is CC1CCC(Cn2c(N3CCCC(C)C3c3ccccc3)nc3nc(-c4noc(=O)[nH]4)nc(N[C@H](C)C4CCC4)c32)CC1. The number of aromatic nitrogens is 6. The smallest absolute Gasteiger partial charge is 0.365 e. The monoisotopic (exact) mass is 584 g/mol. The molecular weight excluding hydrogens is 540 g/mol. The highest BCUT2D eigenvalue weighted by atomic mass is 16.5. The van der Waals surface area contributed by atoms with Gasteiger partial charge >= 0.3 is 5.76 Å². The van der Waals surface area contributed by atoms with Gasteiger partial charge in [0.2, 0.25) is 17.6 Å². The van der Waals surface area contributed by atoms with Crippen LogP contribution in [-0.2, 0) is 6.54 Å². The van der Waals surface area contributed by atoms with Crippen LogP contribution >= 0.6 is 0 Å². The van der Waals surface area contributed by atoms with Gasteiger partial charge in [-0.05, 0) is 74.7 Å². The molecule has 43 heavy (non-hydrogen) atoms. The molecule has 3 atom stereocenters. The predicted molar refractivity (Wildman–Crippen MR) is 168 cm³/mol. The Hall–Kier alpha value is -3.69. The van der Waals surface area contributed by atoms with Crippen LogP contribution in [0.2, 0.25) is 0 Å². The number of rotatable bonds is 8. The van der Waals surface area contributed by atoms with E-state index in [9.17, 15) is 4.79 Å². The Morgan fingerprint density at radius 2 is 1.79 bits per heavy atom. The maximum absolute atomic E-state index is 11.9. The molecule has 0 spiro atoms. The fourth-order valence-corrected chi connectivity index (χ4v) is 7.56. The summed E-state index contributed by atoms with van der Waals surface area (Å²) in [4.78, 5) is 32.2. The predicted octanol–water partition coefficient (Wildman–Crippen LogP) is 6.57. The van der Waals surface area contributed by atoms with Crippen molar-refractivity contribution in [1.82, 2.24) is 29.7 Å². The Morgan fingerprint density at radius 3 is 2.49 bits per heavy atom. The van der Waals surface area contributed by atoms with Gasteiger partial charge in [0.05, 0.1) is 6.04 Å². The summed E-state index contributed by atoms with van der Waals surface area (Å²) in [5.41, 5.74) is 2.89. The van der Waals surface area contributed by atoms with Gasteiger partial charge in [-0.15, -0.1) is 0 Å². The van der Waals surface area contributed by atoms with Crippen LogP contribution in [0.5, 0.6) is 0 Å². The summed E-state index contributed by atoms with van der Waals surface area (Å²) in [5.74, 6) is 4.10. The number of aromatic amines is 1. The molecule has 1 saturated heterocycles. The Kier molecular flexibility index (Phi) is 7.69. The highest BCUT2D eigenvalue weighted by molar-refractivity contribution is 5.87. The lowest BCUT2D eigenvalue weighted by atomic mass is 9.80. The second kappa shape index (κ2) is 11.8. The molecule has 2 unspecified atom stereocenters. The van der Waals surface area contributed by atoms with E-state index in [1.165, 1.54) is 56.9 Å². The van der Waals surface area contributed by atoms with Gasteiger partial charge in [-0.2, -0.15) is 4.98 Å². The summed E-state index contributed by atoms with van der Waals surface area (Å²) in [6, 6.07) is 11.4. The molecule has 1 aliphatic heterocycles. The Bertz CT molecular complexity index is 1600. The van der Waals surface area contributed by atoms with Crippen LogP contribution in [0.15, 0.2) is 39.6 Å². The molecule has 4 heterocycles. The first-order valence-electron chi connectivity index (χ1n) is 16.4. The van der Waals surface area contributed by atoms with Gasteiger partial charge in [-0.3, -0.25) is 9.51 Å². The van der Waals surface area contributed by atoms with Crippen LogP contribution < -0.4 is 16.0 Å². The Morgan fingerprint density at radius 1 is 1.00 bits per heavy atom. The lowest BCUT2D eigenvalue weighted by molar-refractivity contribution is 0.264. The van der Waals surface area contributed by atoms with Gasteiger partial charge < -0.3 is 14.8 Å². The summed E-state index contributed by atoms with van der Waals surface area (Å²) in [7, 11) is 0. The molecule has 228 valence electrons. The third kappa shape index (κ3) is 5.56. The van der Waals surface area contributed by atoms with Crippen molar-refractivity contribution in [3.05, 3.63) is 46.4 Å². The van der Waals surface area contributed by atoms with Gasteiger partial charge in [0.15, 0.2) is 11.5 Å². The van der Waals surface area contributed by atoms with Crippen molar-refractivity contribution in [2.24, 2.45) is 23.7 Å². The van der Waals surface area contributed by atoms with Crippen LogP contribution in [0.1, 0.15) is 90.2 Å². The molecule has 0 amide bonds. The van der Waals surface area contributed by atoms with E-state index in [4.69, 9.17) is 19.5 Å². The van der Waals surface area contributed by atoms with Crippen molar-refractivity contribution in [2.75, 3.05) is 16.8 Å². The number of benzene rings is 1. The average molecular weight is 585 g/mol. The van der Waals surface area contributed by atoms with E-state index in [1.54, 1.807) is 0 Å². The number of nitrogens with zero attached hydrogens (tertiary/aromatic N) is 6. The molecule has 0 bridgehead atoms. The second-order valence-electron chi connectivity index (χ2n) is 13.5. The quantitative estimate of drug-likeness (QED) is 0.239. The first kappa shape index (κ1) is 28.1. The molecule has 3 fully saturated rings. The number of H-pyrrole nitrogens is 1. The topological polar surface area (TPSA) is 118 Å². The fourth-order valence-electron chi connectivity index (χ4n) is 7.56. The van der Waals surface area contributed by atoms with Gasteiger partial charge in [0, 0.05) is 19.1 Å². The minimum absolute atomic E-state index is 0.220. The Balaban J connectivity index is 1.39. The number of nitrogens with one attached hydrogen (secondary N) is 2. The average Bonchev–Trinajstić information content (AvgIpc) is 3.57. The number of piperidine rings is 1. The van der Waals surface area contributed by atoms with Gasteiger partial charge in [-0.25, -0.2) is 14.8 Å². The van der Waals surface area contributed by atoms with E-state index in [2.05, 4.69) is 76.0 Å². The van der Waals surface area contributed by atoms with E-state index < -0.39 is 5.76 Å². The maximum Gasteiger partial charge on any atom is 0.439 e. The first-order chi connectivity index (χ1) is 20.9. The van der Waals surface area contributed by atoms with Crippen LogP contribution in [-0.4, -0.2) is 42.2 Å². The van der Waals surface area contributed by atoms with Crippen LogP contribution in [0.3, 0.4) is 0 Å². The lowest BCUT2D eigenvalue weighted by Gasteiger charge is -2.41. The molecule has 7 rings (SSSR count). The molecule has 2 aliphatic carbocycles. The molecule has 10 nitrogen and oxygen atoms in total. The highest BCUT2D eigenvalue weighted by Crippen LogP contribution is 2.42. The molecule has 2 N–H and O–H groups in total. The maximum atomic E-state index is 11.9.